The van der Waals surface area contributed by atoms with Gasteiger partial charge in [-0.25, -0.2) is 4.79 Å². The van der Waals surface area contributed by atoms with Crippen LogP contribution in [0.25, 0.3) is 0 Å². The molecule has 0 radical (unpaired) electrons. The molecule has 146 valence electrons. The van der Waals surface area contributed by atoms with Gasteiger partial charge in [0.1, 0.15) is 0 Å². The number of hydrogen-bond donors (Lipinski definition) is 1. The molecule has 0 spiro atoms. The van der Waals surface area contributed by atoms with Gasteiger partial charge in [-0.2, -0.15) is 0 Å². The third-order valence-electron chi connectivity index (χ3n) is 7.19. The monoisotopic (exact) mass is 363 g/mol. The van der Waals surface area contributed by atoms with E-state index in [9.17, 15) is 9.59 Å². The van der Waals surface area contributed by atoms with Gasteiger partial charge in [0.15, 0.2) is 0 Å². The van der Waals surface area contributed by atoms with Crippen LogP contribution in [0, 0.1) is 17.8 Å². The number of carbonyl (C=O) groups excluding carboxylic acids is 2. The number of amides is 2. The van der Waals surface area contributed by atoms with Crippen LogP contribution in [0.3, 0.4) is 0 Å². The summed E-state index contributed by atoms with van der Waals surface area (Å²) in [6.07, 6.45) is 7.50. The minimum Gasteiger partial charge on any atom is -0.450 e. The second kappa shape index (κ2) is 7.02. The number of ether oxygens (including phenoxy) is 1. The highest BCUT2D eigenvalue weighted by atomic mass is 16.6. The average molecular weight is 364 g/mol. The molecule has 5 fully saturated rings. The lowest BCUT2D eigenvalue weighted by Crippen LogP contribution is -2.63. The number of rotatable bonds is 4. The van der Waals surface area contributed by atoms with Gasteiger partial charge in [-0.3, -0.25) is 9.69 Å². The fourth-order valence-corrected chi connectivity index (χ4v) is 6.30. The van der Waals surface area contributed by atoms with Crippen molar-refractivity contribution in [3.8, 4) is 0 Å². The molecular weight excluding hydrogens is 330 g/mol. The second-order valence-electron chi connectivity index (χ2n) is 9.09. The van der Waals surface area contributed by atoms with Crippen molar-refractivity contribution in [2.75, 3.05) is 32.8 Å². The van der Waals surface area contributed by atoms with Crippen molar-refractivity contribution in [2.45, 2.75) is 64.0 Å². The van der Waals surface area contributed by atoms with Gasteiger partial charge in [0.25, 0.3) is 0 Å². The standard InChI is InChI=1S/C20H33N3O3/c1-3-26-19(25)23-6-4-22(5-7-23)14(2)18(24)21-20-11-15-8-16(12-20)10-17(9-15)13-20/h14-17H,3-13H2,1-2H3,(H,21,24)/t14-,15?,16?,17?,20?/m0/s1. The molecule has 4 saturated carbocycles. The molecule has 26 heavy (non-hydrogen) atoms. The number of nitrogens with one attached hydrogen (secondary N) is 1. The zero-order valence-electron chi connectivity index (χ0n) is 16.2. The van der Waals surface area contributed by atoms with Gasteiger partial charge in [-0.05, 0) is 70.1 Å². The summed E-state index contributed by atoms with van der Waals surface area (Å²) in [5.41, 5.74) is 0.0762. The molecule has 4 bridgehead atoms. The predicted octanol–water partition coefficient (Wildman–Crippen LogP) is 2.23. The maximum absolute atomic E-state index is 13.0. The molecule has 5 aliphatic rings. The summed E-state index contributed by atoms with van der Waals surface area (Å²) in [6.45, 7) is 6.97. The number of nitrogens with zero attached hydrogens (tertiary/aromatic N) is 2. The Morgan fingerprint density at radius 3 is 2.08 bits per heavy atom. The molecule has 2 amide bonds. The van der Waals surface area contributed by atoms with Crippen molar-refractivity contribution in [3.63, 3.8) is 0 Å². The molecule has 5 rings (SSSR count). The van der Waals surface area contributed by atoms with E-state index in [-0.39, 0.29) is 23.6 Å². The second-order valence-corrected chi connectivity index (χ2v) is 9.09. The number of piperazine rings is 1. The molecule has 1 heterocycles. The smallest absolute Gasteiger partial charge is 0.409 e. The summed E-state index contributed by atoms with van der Waals surface area (Å²) in [5.74, 6) is 2.69. The Balaban J connectivity index is 1.31. The van der Waals surface area contributed by atoms with Crippen molar-refractivity contribution >= 4 is 12.0 Å². The van der Waals surface area contributed by atoms with Crippen LogP contribution in [0.5, 0.6) is 0 Å². The fraction of sp³-hybridized carbons (Fsp3) is 0.900. The highest BCUT2D eigenvalue weighted by Crippen LogP contribution is 2.55. The predicted molar refractivity (Wildman–Crippen MR) is 98.7 cm³/mol. The van der Waals surface area contributed by atoms with Crippen molar-refractivity contribution < 1.29 is 14.3 Å². The molecule has 1 N–H and O–H groups in total. The van der Waals surface area contributed by atoms with Crippen LogP contribution in [-0.2, 0) is 9.53 Å². The highest BCUT2D eigenvalue weighted by Gasteiger charge is 2.51. The van der Waals surface area contributed by atoms with E-state index >= 15 is 0 Å². The van der Waals surface area contributed by atoms with E-state index in [4.69, 9.17) is 4.74 Å². The van der Waals surface area contributed by atoms with Gasteiger partial charge in [-0.15, -0.1) is 0 Å². The molecule has 1 atom stereocenters. The van der Waals surface area contributed by atoms with E-state index in [1.807, 2.05) is 13.8 Å². The van der Waals surface area contributed by atoms with Crippen LogP contribution in [0.2, 0.25) is 0 Å². The molecule has 6 heteroatoms. The Hall–Kier alpha value is -1.30. The molecule has 1 aliphatic heterocycles. The normalized spacial score (nSPS) is 37.5. The molecular formula is C20H33N3O3. The van der Waals surface area contributed by atoms with Crippen LogP contribution in [0.15, 0.2) is 0 Å². The Morgan fingerprint density at radius 2 is 1.58 bits per heavy atom. The Kier molecular flexibility index (Phi) is 4.88. The third-order valence-corrected chi connectivity index (χ3v) is 7.19. The summed E-state index contributed by atoms with van der Waals surface area (Å²) < 4.78 is 5.07. The van der Waals surface area contributed by atoms with Gasteiger partial charge < -0.3 is 15.0 Å². The van der Waals surface area contributed by atoms with Gasteiger partial charge in [0.05, 0.1) is 12.6 Å². The lowest BCUT2D eigenvalue weighted by Gasteiger charge is -2.57. The summed E-state index contributed by atoms with van der Waals surface area (Å²) in [5, 5.41) is 3.49. The maximum atomic E-state index is 13.0. The number of carbonyl (C=O) groups is 2. The topological polar surface area (TPSA) is 61.9 Å². The number of hydrogen-bond acceptors (Lipinski definition) is 4. The minimum absolute atomic E-state index is 0.0762. The van der Waals surface area contributed by atoms with Crippen LogP contribution < -0.4 is 5.32 Å². The lowest BCUT2D eigenvalue weighted by molar-refractivity contribution is -0.132. The molecule has 4 aliphatic carbocycles. The Morgan fingerprint density at radius 1 is 1.04 bits per heavy atom. The Bertz CT molecular complexity index is 521. The molecule has 6 nitrogen and oxygen atoms in total. The van der Waals surface area contributed by atoms with Gasteiger partial charge in [0, 0.05) is 31.7 Å². The molecule has 1 saturated heterocycles. The SMILES string of the molecule is CCOC(=O)N1CCN([C@@H](C)C(=O)NC23CC4CC(CC(C4)C2)C3)CC1. The van der Waals surface area contributed by atoms with Crippen LogP contribution in [0.4, 0.5) is 4.79 Å². The first-order valence-electron chi connectivity index (χ1n) is 10.5. The van der Waals surface area contributed by atoms with Crippen molar-refractivity contribution in [2.24, 2.45) is 17.8 Å². The maximum Gasteiger partial charge on any atom is 0.409 e. The van der Waals surface area contributed by atoms with Crippen LogP contribution >= 0.6 is 0 Å². The van der Waals surface area contributed by atoms with Crippen molar-refractivity contribution in [1.29, 1.82) is 0 Å². The highest BCUT2D eigenvalue weighted by molar-refractivity contribution is 5.82. The summed E-state index contributed by atoms with van der Waals surface area (Å²) in [4.78, 5) is 28.8. The summed E-state index contributed by atoms with van der Waals surface area (Å²) in [7, 11) is 0. The summed E-state index contributed by atoms with van der Waals surface area (Å²) in [6, 6.07) is -0.132. The zero-order chi connectivity index (χ0) is 18.3. The Labute approximate surface area is 156 Å². The average Bonchev–Trinajstić information content (AvgIpc) is 2.60. The van der Waals surface area contributed by atoms with Crippen LogP contribution in [-0.4, -0.2) is 66.2 Å². The van der Waals surface area contributed by atoms with E-state index in [1.165, 1.54) is 38.5 Å². The quantitative estimate of drug-likeness (QED) is 0.832. The first-order valence-corrected chi connectivity index (χ1v) is 10.5. The fourth-order valence-electron chi connectivity index (χ4n) is 6.30. The molecule has 0 aromatic rings. The largest absolute Gasteiger partial charge is 0.450 e. The van der Waals surface area contributed by atoms with E-state index in [2.05, 4.69) is 10.2 Å². The van der Waals surface area contributed by atoms with Gasteiger partial charge in [-0.1, -0.05) is 0 Å². The summed E-state index contributed by atoms with van der Waals surface area (Å²) >= 11 is 0. The third kappa shape index (κ3) is 3.45. The lowest BCUT2D eigenvalue weighted by atomic mass is 9.53. The van der Waals surface area contributed by atoms with E-state index < -0.39 is 0 Å². The molecule has 0 aromatic carbocycles. The first-order chi connectivity index (χ1) is 12.5. The van der Waals surface area contributed by atoms with Crippen molar-refractivity contribution in [3.05, 3.63) is 0 Å². The zero-order valence-corrected chi connectivity index (χ0v) is 16.2. The van der Waals surface area contributed by atoms with E-state index in [0.29, 0.717) is 19.7 Å². The van der Waals surface area contributed by atoms with Gasteiger partial charge in [0.2, 0.25) is 5.91 Å². The van der Waals surface area contributed by atoms with E-state index in [1.54, 1.807) is 4.90 Å². The van der Waals surface area contributed by atoms with Gasteiger partial charge >= 0.3 is 6.09 Å². The van der Waals surface area contributed by atoms with E-state index in [0.717, 1.165) is 30.8 Å². The molecule has 0 unspecified atom stereocenters. The minimum atomic E-state index is -0.238. The van der Waals surface area contributed by atoms with Crippen LogP contribution in [0.1, 0.15) is 52.4 Å². The first kappa shape index (κ1) is 18.1. The molecule has 0 aromatic heterocycles. The van der Waals surface area contributed by atoms with Crippen molar-refractivity contribution in [1.82, 2.24) is 15.1 Å².